The predicted octanol–water partition coefficient (Wildman–Crippen LogP) is 5.96. The van der Waals surface area contributed by atoms with E-state index < -0.39 is 0 Å². The molecule has 0 aliphatic heterocycles. The van der Waals surface area contributed by atoms with Crippen molar-refractivity contribution in [1.82, 2.24) is 9.55 Å². The number of hydrogen-bond donors (Lipinski definition) is 1. The van der Waals surface area contributed by atoms with E-state index in [0.717, 1.165) is 12.8 Å². The Morgan fingerprint density at radius 3 is 2.29 bits per heavy atom. The molecule has 0 fully saturated rings. The van der Waals surface area contributed by atoms with Gasteiger partial charge in [0.2, 0.25) is 5.91 Å². The summed E-state index contributed by atoms with van der Waals surface area (Å²) in [6, 6.07) is 18.6. The molecule has 174 valence electrons. The average molecular weight is 480 g/mol. The summed E-state index contributed by atoms with van der Waals surface area (Å²) in [4.78, 5) is 29.9. The van der Waals surface area contributed by atoms with Crippen LogP contribution in [0.4, 0.5) is 14.5 Å². The summed E-state index contributed by atoms with van der Waals surface area (Å²) in [6.45, 7) is 0. The van der Waals surface area contributed by atoms with E-state index >= 15 is 0 Å². The maximum absolute atomic E-state index is 13.4. The molecule has 1 heterocycles. The minimum atomic E-state index is -0.372. The van der Waals surface area contributed by atoms with Gasteiger partial charge in [-0.1, -0.05) is 30.3 Å². The third-order valence-electron chi connectivity index (χ3n) is 5.24. The number of rotatable bonds is 9. The fourth-order valence-electron chi connectivity index (χ4n) is 3.51. The minimum Gasteiger partial charge on any atom is -0.326 e. The van der Waals surface area contributed by atoms with Crippen molar-refractivity contribution in [3.05, 3.63) is 94.8 Å². The number of halogens is 2. The maximum atomic E-state index is 13.4. The maximum Gasteiger partial charge on any atom is 0.266 e. The van der Waals surface area contributed by atoms with E-state index in [1.807, 2.05) is 6.07 Å². The van der Waals surface area contributed by atoms with Gasteiger partial charge in [-0.15, -0.1) is 0 Å². The molecule has 0 aliphatic rings. The Kier molecular flexibility index (Phi) is 7.69. The van der Waals surface area contributed by atoms with Crippen LogP contribution >= 0.6 is 11.8 Å². The van der Waals surface area contributed by atoms with E-state index in [1.54, 1.807) is 30.3 Å². The smallest absolute Gasteiger partial charge is 0.266 e. The number of thioether (sulfide) groups is 1. The summed E-state index contributed by atoms with van der Waals surface area (Å²) in [5.41, 5.74) is 1.55. The van der Waals surface area contributed by atoms with Gasteiger partial charge in [0, 0.05) is 17.9 Å². The SMILES string of the molecule is O=C(CCCCCSc1nc2ccccc2c(=O)n1-c1ccc(F)cc1)Nc1ccc(F)cc1. The number of carbonyl (C=O) groups is 1. The molecule has 4 rings (SSSR count). The predicted molar refractivity (Wildman–Crippen MR) is 132 cm³/mol. The third kappa shape index (κ3) is 5.88. The van der Waals surface area contributed by atoms with Crippen molar-refractivity contribution >= 4 is 34.3 Å². The second-order valence-corrected chi connectivity index (χ2v) is 8.80. The molecule has 34 heavy (non-hydrogen) atoms. The summed E-state index contributed by atoms with van der Waals surface area (Å²) >= 11 is 1.46. The van der Waals surface area contributed by atoms with E-state index in [9.17, 15) is 18.4 Å². The monoisotopic (exact) mass is 479 g/mol. The zero-order chi connectivity index (χ0) is 23.9. The van der Waals surface area contributed by atoms with Crippen LogP contribution in [0.3, 0.4) is 0 Å². The molecule has 0 atom stereocenters. The van der Waals surface area contributed by atoms with Gasteiger partial charge in [0.15, 0.2) is 5.16 Å². The number of nitrogens with one attached hydrogen (secondary N) is 1. The summed E-state index contributed by atoms with van der Waals surface area (Å²) in [5.74, 6) is -0.115. The van der Waals surface area contributed by atoms with Crippen molar-refractivity contribution in [2.24, 2.45) is 0 Å². The van der Waals surface area contributed by atoms with Gasteiger partial charge < -0.3 is 5.32 Å². The highest BCUT2D eigenvalue weighted by molar-refractivity contribution is 7.99. The molecule has 1 amide bonds. The summed E-state index contributed by atoms with van der Waals surface area (Å²) in [7, 11) is 0. The van der Waals surface area contributed by atoms with Crippen LogP contribution < -0.4 is 10.9 Å². The largest absolute Gasteiger partial charge is 0.326 e. The molecule has 0 radical (unpaired) electrons. The van der Waals surface area contributed by atoms with Crippen molar-refractivity contribution < 1.29 is 13.6 Å². The van der Waals surface area contributed by atoms with Crippen molar-refractivity contribution in [2.45, 2.75) is 30.8 Å². The van der Waals surface area contributed by atoms with Gasteiger partial charge in [0.1, 0.15) is 11.6 Å². The Balaban J connectivity index is 1.36. The number of hydrogen-bond acceptors (Lipinski definition) is 4. The van der Waals surface area contributed by atoms with Crippen molar-refractivity contribution in [1.29, 1.82) is 0 Å². The van der Waals surface area contributed by atoms with E-state index in [0.29, 0.717) is 46.0 Å². The lowest BCUT2D eigenvalue weighted by molar-refractivity contribution is -0.116. The van der Waals surface area contributed by atoms with Crippen LogP contribution in [-0.2, 0) is 4.79 Å². The Morgan fingerprint density at radius 2 is 1.56 bits per heavy atom. The van der Waals surface area contributed by atoms with E-state index in [2.05, 4.69) is 10.3 Å². The Bertz CT molecular complexity index is 1340. The average Bonchev–Trinajstić information content (AvgIpc) is 2.84. The van der Waals surface area contributed by atoms with Crippen LogP contribution in [0.25, 0.3) is 16.6 Å². The lowest BCUT2D eigenvalue weighted by Gasteiger charge is -2.13. The number of anilines is 1. The van der Waals surface area contributed by atoms with Crippen molar-refractivity contribution in [3.8, 4) is 5.69 Å². The highest BCUT2D eigenvalue weighted by Gasteiger charge is 2.13. The Labute approximate surface area is 199 Å². The zero-order valence-corrected chi connectivity index (χ0v) is 19.2. The molecule has 4 aromatic rings. The molecule has 0 bridgehead atoms. The molecule has 0 saturated carbocycles. The number of carbonyl (C=O) groups excluding carboxylic acids is 1. The van der Waals surface area contributed by atoms with Gasteiger partial charge in [0.25, 0.3) is 5.56 Å². The number of aromatic nitrogens is 2. The van der Waals surface area contributed by atoms with Crippen LogP contribution in [0, 0.1) is 11.6 Å². The quantitative estimate of drug-likeness (QED) is 0.183. The Hall–Kier alpha value is -3.52. The minimum absolute atomic E-state index is 0.111. The second kappa shape index (κ2) is 11.1. The molecule has 8 heteroatoms. The fourth-order valence-corrected chi connectivity index (χ4v) is 4.52. The third-order valence-corrected chi connectivity index (χ3v) is 6.26. The molecule has 0 saturated heterocycles. The normalized spacial score (nSPS) is 11.0. The molecule has 0 spiro atoms. The molecular formula is C26H23F2N3O2S. The van der Waals surface area contributed by atoms with Crippen LogP contribution in [-0.4, -0.2) is 21.2 Å². The Morgan fingerprint density at radius 1 is 0.882 bits per heavy atom. The van der Waals surface area contributed by atoms with Crippen molar-refractivity contribution in [2.75, 3.05) is 11.1 Å². The molecule has 0 unspecified atom stereocenters. The first-order valence-corrected chi connectivity index (χ1v) is 12.0. The van der Waals surface area contributed by atoms with Crippen LogP contribution in [0.2, 0.25) is 0 Å². The number of nitrogens with zero attached hydrogens (tertiary/aromatic N) is 2. The van der Waals surface area contributed by atoms with Crippen LogP contribution in [0.15, 0.2) is 82.7 Å². The van der Waals surface area contributed by atoms with Crippen LogP contribution in [0.5, 0.6) is 0 Å². The summed E-state index contributed by atoms with van der Waals surface area (Å²) < 4.78 is 27.9. The first-order chi connectivity index (χ1) is 16.5. The number of para-hydroxylation sites is 1. The highest BCUT2D eigenvalue weighted by atomic mass is 32.2. The lowest BCUT2D eigenvalue weighted by Crippen LogP contribution is -2.21. The van der Waals surface area contributed by atoms with Gasteiger partial charge in [-0.3, -0.25) is 14.2 Å². The summed E-state index contributed by atoms with van der Waals surface area (Å²) in [5, 5.41) is 3.80. The molecule has 5 nitrogen and oxygen atoms in total. The molecule has 3 aromatic carbocycles. The number of amides is 1. The van der Waals surface area contributed by atoms with E-state index in [-0.39, 0.29) is 23.1 Å². The summed E-state index contributed by atoms with van der Waals surface area (Å²) in [6.07, 6.45) is 2.75. The van der Waals surface area contributed by atoms with Gasteiger partial charge in [-0.05, 0) is 73.5 Å². The van der Waals surface area contributed by atoms with Gasteiger partial charge in [0.05, 0.1) is 16.6 Å². The lowest BCUT2D eigenvalue weighted by atomic mass is 10.2. The van der Waals surface area contributed by atoms with Gasteiger partial charge in [-0.2, -0.15) is 0 Å². The highest BCUT2D eigenvalue weighted by Crippen LogP contribution is 2.23. The zero-order valence-electron chi connectivity index (χ0n) is 18.3. The topological polar surface area (TPSA) is 64.0 Å². The molecule has 1 aromatic heterocycles. The standard InChI is InChI=1S/C26H23F2N3O2S/c27-18-9-13-20(14-10-18)29-24(32)8-2-1-5-17-34-26-30-23-7-4-3-6-22(23)25(33)31(26)21-15-11-19(28)12-16-21/h3-4,6-7,9-16H,1-2,5,8,17H2,(H,29,32). The molecular weight excluding hydrogens is 456 g/mol. The molecule has 0 aliphatic carbocycles. The first-order valence-electron chi connectivity index (χ1n) is 11.0. The van der Waals surface area contributed by atoms with E-state index in [4.69, 9.17) is 0 Å². The van der Waals surface area contributed by atoms with Crippen molar-refractivity contribution in [3.63, 3.8) is 0 Å². The fraction of sp³-hybridized carbons (Fsp3) is 0.192. The van der Waals surface area contributed by atoms with E-state index in [1.165, 1.54) is 52.7 Å². The van der Waals surface area contributed by atoms with Gasteiger partial charge >= 0.3 is 0 Å². The number of benzene rings is 3. The van der Waals surface area contributed by atoms with Crippen LogP contribution in [0.1, 0.15) is 25.7 Å². The number of unbranched alkanes of at least 4 members (excludes halogenated alkanes) is 2. The number of fused-ring (bicyclic) bond motifs is 1. The second-order valence-electron chi connectivity index (χ2n) is 7.74. The van der Waals surface area contributed by atoms with Gasteiger partial charge in [-0.25, -0.2) is 13.8 Å². The first kappa shape index (κ1) is 23.6. The molecule has 1 N–H and O–H groups in total.